The van der Waals surface area contributed by atoms with Crippen LogP contribution in [0.15, 0.2) is 29.2 Å². The molecule has 1 rings (SSSR count). The van der Waals surface area contributed by atoms with E-state index < -0.39 is 10.0 Å². The highest BCUT2D eigenvalue weighted by atomic mass is 32.2. The molecule has 0 saturated heterocycles. The van der Waals surface area contributed by atoms with Crippen LogP contribution in [-0.2, 0) is 10.0 Å². The Bertz CT molecular complexity index is 481. The van der Waals surface area contributed by atoms with Crippen LogP contribution in [0.2, 0.25) is 0 Å². The number of rotatable bonds is 7. The van der Waals surface area contributed by atoms with Crippen molar-refractivity contribution < 1.29 is 13.5 Å². The average molecular weight is 286 g/mol. The van der Waals surface area contributed by atoms with E-state index in [4.69, 9.17) is 5.11 Å². The number of hydrogen-bond donors (Lipinski definition) is 2. The van der Waals surface area contributed by atoms with Crippen molar-refractivity contribution in [3.63, 3.8) is 0 Å². The Kier molecular flexibility index (Phi) is 5.78. The lowest BCUT2D eigenvalue weighted by Gasteiger charge is -2.23. The van der Waals surface area contributed by atoms with Crippen LogP contribution < -0.4 is 4.72 Å². The van der Waals surface area contributed by atoms with Crippen molar-refractivity contribution in [2.75, 3.05) is 19.6 Å². The predicted molar refractivity (Wildman–Crippen MR) is 75.7 cm³/mol. The van der Waals surface area contributed by atoms with Gasteiger partial charge in [-0.25, -0.2) is 13.1 Å². The van der Waals surface area contributed by atoms with Crippen LogP contribution in [0.5, 0.6) is 5.75 Å². The van der Waals surface area contributed by atoms with Gasteiger partial charge in [-0.3, -0.25) is 0 Å². The first-order chi connectivity index (χ1) is 8.89. The molecule has 0 aliphatic carbocycles. The summed E-state index contributed by atoms with van der Waals surface area (Å²) < 4.78 is 26.8. The highest BCUT2D eigenvalue weighted by Crippen LogP contribution is 2.14. The molecule has 5 nitrogen and oxygen atoms in total. The molecule has 0 radical (unpaired) electrons. The van der Waals surface area contributed by atoms with E-state index in [2.05, 4.69) is 9.62 Å². The van der Waals surface area contributed by atoms with Crippen LogP contribution in [0.1, 0.15) is 20.8 Å². The van der Waals surface area contributed by atoms with Crippen LogP contribution >= 0.6 is 0 Å². The van der Waals surface area contributed by atoms with Crippen LogP contribution in [-0.4, -0.2) is 44.1 Å². The molecule has 0 saturated carbocycles. The molecule has 0 amide bonds. The lowest BCUT2D eigenvalue weighted by Crippen LogP contribution is -2.41. The highest BCUT2D eigenvalue weighted by molar-refractivity contribution is 7.89. The van der Waals surface area contributed by atoms with Crippen molar-refractivity contribution in [3.8, 4) is 5.75 Å². The Balaban J connectivity index is 2.71. The standard InChI is InChI=1S/C13H22N2O3S/c1-4-15(5-2)10-11(3)14-19(17,18)13-8-6-12(16)7-9-13/h6-9,11,14,16H,4-5,10H2,1-3H3. The summed E-state index contributed by atoms with van der Waals surface area (Å²) in [4.78, 5) is 2.32. The van der Waals surface area contributed by atoms with Gasteiger partial charge in [-0.1, -0.05) is 13.8 Å². The van der Waals surface area contributed by atoms with Crippen LogP contribution in [0.4, 0.5) is 0 Å². The van der Waals surface area contributed by atoms with Gasteiger partial charge in [0.25, 0.3) is 0 Å². The van der Waals surface area contributed by atoms with Crippen LogP contribution in [0.25, 0.3) is 0 Å². The molecule has 0 aromatic heterocycles. The summed E-state index contributed by atoms with van der Waals surface area (Å²) in [5, 5.41) is 9.17. The Labute approximate surface area is 115 Å². The van der Waals surface area contributed by atoms with E-state index in [1.165, 1.54) is 24.3 Å². The Morgan fingerprint density at radius 2 is 1.74 bits per heavy atom. The minimum Gasteiger partial charge on any atom is -0.508 e. The first kappa shape index (κ1) is 15.9. The van der Waals surface area contributed by atoms with E-state index >= 15 is 0 Å². The fraction of sp³-hybridized carbons (Fsp3) is 0.538. The lowest BCUT2D eigenvalue weighted by atomic mass is 10.3. The molecule has 0 heterocycles. The maximum absolute atomic E-state index is 12.1. The molecule has 0 bridgehead atoms. The third-order valence-corrected chi connectivity index (χ3v) is 4.54. The van der Waals surface area contributed by atoms with E-state index in [9.17, 15) is 8.42 Å². The fourth-order valence-corrected chi connectivity index (χ4v) is 3.10. The van der Waals surface area contributed by atoms with Crippen molar-refractivity contribution in [2.24, 2.45) is 0 Å². The van der Waals surface area contributed by atoms with E-state index in [0.717, 1.165) is 13.1 Å². The van der Waals surface area contributed by atoms with Gasteiger partial charge in [0.1, 0.15) is 5.75 Å². The molecule has 0 aliphatic heterocycles. The number of nitrogens with zero attached hydrogens (tertiary/aromatic N) is 1. The second-order valence-corrected chi connectivity index (χ2v) is 6.22. The van der Waals surface area contributed by atoms with Crippen molar-refractivity contribution in [3.05, 3.63) is 24.3 Å². The summed E-state index contributed by atoms with van der Waals surface area (Å²) in [6.45, 7) is 8.39. The topological polar surface area (TPSA) is 69.6 Å². The second-order valence-electron chi connectivity index (χ2n) is 4.50. The average Bonchev–Trinajstić information content (AvgIpc) is 2.35. The summed E-state index contributed by atoms with van der Waals surface area (Å²) in [6, 6.07) is 5.34. The smallest absolute Gasteiger partial charge is 0.240 e. The third-order valence-electron chi connectivity index (χ3n) is 2.93. The summed E-state index contributed by atoms with van der Waals surface area (Å²) in [6.07, 6.45) is 0. The minimum absolute atomic E-state index is 0.0511. The number of likely N-dealkylation sites (N-methyl/N-ethyl adjacent to an activating group) is 1. The van der Waals surface area contributed by atoms with Gasteiger partial charge in [0.2, 0.25) is 10.0 Å². The van der Waals surface area contributed by atoms with Gasteiger partial charge in [-0.05, 0) is 44.3 Å². The number of sulfonamides is 1. The van der Waals surface area contributed by atoms with Crippen molar-refractivity contribution in [2.45, 2.75) is 31.7 Å². The number of phenolic OH excluding ortho intramolecular Hbond substituents is 1. The maximum atomic E-state index is 12.1. The van der Waals surface area contributed by atoms with E-state index in [1.54, 1.807) is 0 Å². The quantitative estimate of drug-likeness (QED) is 0.795. The Morgan fingerprint density at radius 1 is 1.21 bits per heavy atom. The Hall–Kier alpha value is -1.11. The molecule has 0 aliphatic rings. The summed E-state index contributed by atoms with van der Waals surface area (Å²) >= 11 is 0. The molecule has 1 unspecified atom stereocenters. The molecule has 108 valence electrons. The second kappa shape index (κ2) is 6.88. The molecule has 1 aromatic rings. The van der Waals surface area contributed by atoms with E-state index in [-0.39, 0.29) is 16.7 Å². The van der Waals surface area contributed by atoms with Crippen molar-refractivity contribution in [1.82, 2.24) is 9.62 Å². The number of phenols is 1. The molecule has 1 aromatic carbocycles. The van der Waals surface area contributed by atoms with Gasteiger partial charge in [0.05, 0.1) is 4.90 Å². The number of aromatic hydroxyl groups is 1. The van der Waals surface area contributed by atoms with Gasteiger partial charge in [-0.15, -0.1) is 0 Å². The van der Waals surface area contributed by atoms with Gasteiger partial charge in [0, 0.05) is 12.6 Å². The number of hydrogen-bond acceptors (Lipinski definition) is 4. The highest BCUT2D eigenvalue weighted by Gasteiger charge is 2.18. The first-order valence-corrected chi connectivity index (χ1v) is 7.91. The third kappa shape index (κ3) is 4.81. The number of benzene rings is 1. The molecule has 0 fully saturated rings. The van der Waals surface area contributed by atoms with E-state index in [0.29, 0.717) is 6.54 Å². The van der Waals surface area contributed by atoms with Crippen LogP contribution in [0, 0.1) is 0 Å². The first-order valence-electron chi connectivity index (χ1n) is 6.42. The zero-order valence-corrected chi connectivity index (χ0v) is 12.4. The van der Waals surface area contributed by atoms with Gasteiger partial charge >= 0.3 is 0 Å². The van der Waals surface area contributed by atoms with Crippen LogP contribution in [0.3, 0.4) is 0 Å². The zero-order valence-electron chi connectivity index (χ0n) is 11.6. The summed E-state index contributed by atoms with van der Waals surface area (Å²) in [5.74, 6) is 0.0511. The maximum Gasteiger partial charge on any atom is 0.240 e. The molecule has 0 spiro atoms. The minimum atomic E-state index is -3.53. The molecule has 19 heavy (non-hydrogen) atoms. The predicted octanol–water partition coefficient (Wildman–Crippen LogP) is 1.40. The molecule has 1 atom stereocenters. The molecular weight excluding hydrogens is 264 g/mol. The van der Waals surface area contributed by atoms with E-state index in [1.807, 2.05) is 20.8 Å². The molecule has 6 heteroatoms. The SMILES string of the molecule is CCN(CC)CC(C)NS(=O)(=O)c1ccc(O)cc1. The summed E-state index contributed by atoms with van der Waals surface area (Å²) in [7, 11) is -3.53. The molecular formula is C13H22N2O3S. The van der Waals surface area contributed by atoms with Crippen molar-refractivity contribution in [1.29, 1.82) is 0 Å². The Morgan fingerprint density at radius 3 is 2.21 bits per heavy atom. The van der Waals surface area contributed by atoms with Gasteiger partial charge in [-0.2, -0.15) is 0 Å². The zero-order chi connectivity index (χ0) is 14.5. The van der Waals surface area contributed by atoms with Gasteiger partial charge in [0.15, 0.2) is 0 Å². The normalized spacial score (nSPS) is 13.7. The largest absolute Gasteiger partial charge is 0.508 e. The fourth-order valence-electron chi connectivity index (χ4n) is 1.86. The number of nitrogens with one attached hydrogen (secondary N) is 1. The lowest BCUT2D eigenvalue weighted by molar-refractivity contribution is 0.282. The molecule has 2 N–H and O–H groups in total. The van der Waals surface area contributed by atoms with Crippen molar-refractivity contribution >= 4 is 10.0 Å². The summed E-state index contributed by atoms with van der Waals surface area (Å²) in [5.41, 5.74) is 0. The monoisotopic (exact) mass is 286 g/mol. The van der Waals surface area contributed by atoms with Gasteiger partial charge < -0.3 is 10.0 Å².